The number of ether oxygens (including phenoxy) is 1. The molecule has 3 aromatic rings. The lowest BCUT2D eigenvalue weighted by Gasteiger charge is -2.13. The maximum atomic E-state index is 9.51. The predicted molar refractivity (Wildman–Crippen MR) is 152 cm³/mol. The average molecular weight is 482 g/mol. The summed E-state index contributed by atoms with van der Waals surface area (Å²) in [5, 5.41) is 18.6. The molecule has 4 heteroatoms. The second-order valence-electron chi connectivity index (χ2n) is 8.70. The van der Waals surface area contributed by atoms with E-state index in [2.05, 4.69) is 57.1 Å². The molecule has 0 aliphatic heterocycles. The van der Waals surface area contributed by atoms with Crippen LogP contribution in [-0.4, -0.2) is 31.4 Å². The first kappa shape index (κ1) is 31.9. The number of aromatic hydroxyl groups is 2. The van der Waals surface area contributed by atoms with E-state index in [1.165, 1.54) is 11.3 Å². The number of aryl methyl sites for hydroxylation is 1. The molecule has 3 rings (SSSR count). The number of rotatable bonds is 5. The Kier molecular flexibility index (Phi) is 15.8. The molecule has 194 valence electrons. The van der Waals surface area contributed by atoms with Crippen molar-refractivity contribution in [1.82, 2.24) is 0 Å². The van der Waals surface area contributed by atoms with E-state index in [4.69, 9.17) is 9.84 Å². The Morgan fingerprint density at radius 2 is 1.34 bits per heavy atom. The number of hydrogen-bond acceptors (Lipinski definition) is 4. The van der Waals surface area contributed by atoms with Gasteiger partial charge in [0.25, 0.3) is 0 Å². The van der Waals surface area contributed by atoms with Gasteiger partial charge in [0.2, 0.25) is 0 Å². The Bertz CT molecular complexity index is 921. The number of nitrogens with zero attached hydrogens (tertiary/aromatic N) is 1. The monoisotopic (exact) mass is 481 g/mol. The van der Waals surface area contributed by atoms with E-state index in [0.717, 1.165) is 17.5 Å². The molecule has 0 fully saturated rings. The first-order chi connectivity index (χ1) is 16.6. The fourth-order valence-electron chi connectivity index (χ4n) is 3.11. The van der Waals surface area contributed by atoms with Crippen molar-refractivity contribution in [2.45, 2.75) is 66.7 Å². The maximum Gasteiger partial charge on any atom is 0.122 e. The molecule has 0 saturated heterocycles. The van der Waals surface area contributed by atoms with Crippen LogP contribution in [-0.2, 0) is 6.42 Å². The van der Waals surface area contributed by atoms with Crippen LogP contribution in [0.25, 0.3) is 0 Å². The van der Waals surface area contributed by atoms with Gasteiger partial charge in [-0.2, -0.15) is 0 Å². The molecule has 2 N–H and O–H groups in total. The highest BCUT2D eigenvalue weighted by Gasteiger charge is 2.05. The Labute approximate surface area is 214 Å². The van der Waals surface area contributed by atoms with Crippen molar-refractivity contribution in [1.29, 1.82) is 0 Å². The van der Waals surface area contributed by atoms with Gasteiger partial charge in [-0.3, -0.25) is 0 Å². The normalized spacial score (nSPS) is 9.71. The van der Waals surface area contributed by atoms with Gasteiger partial charge in [-0.05, 0) is 59.2 Å². The molecule has 0 amide bonds. The Hall–Kier alpha value is -3.14. The second-order valence-corrected chi connectivity index (χ2v) is 8.70. The van der Waals surface area contributed by atoms with Crippen molar-refractivity contribution in [3.63, 3.8) is 0 Å². The standard InChI is InChI=1S/C11H17N.C10H14O2.C8H10O.C2H6/c1-9(2)10-5-7-11(8-6-10)12(3)4;1-7(2)9-5-4-8(12-3)6-10(9)11;1-2-7-5-3-4-6-8(7)9;1-2/h5-9H,1-4H3;4-7,11H,1-3H3;3-6,9H,2H2,1H3;1-2H3. The van der Waals surface area contributed by atoms with E-state index in [1.54, 1.807) is 19.2 Å². The van der Waals surface area contributed by atoms with E-state index in [1.807, 2.05) is 65.0 Å². The van der Waals surface area contributed by atoms with Crippen molar-refractivity contribution in [2.75, 3.05) is 26.1 Å². The summed E-state index contributed by atoms with van der Waals surface area (Å²) in [6, 6.07) is 21.5. The molecule has 0 atom stereocenters. The zero-order chi connectivity index (χ0) is 27.0. The number of anilines is 1. The van der Waals surface area contributed by atoms with Gasteiger partial charge < -0.3 is 19.8 Å². The maximum absolute atomic E-state index is 9.51. The van der Waals surface area contributed by atoms with E-state index in [9.17, 15) is 5.11 Å². The smallest absolute Gasteiger partial charge is 0.122 e. The van der Waals surface area contributed by atoms with Gasteiger partial charge in [-0.25, -0.2) is 0 Å². The van der Waals surface area contributed by atoms with Crippen molar-refractivity contribution in [3.8, 4) is 17.2 Å². The summed E-state index contributed by atoms with van der Waals surface area (Å²) in [5.74, 6) is 2.37. The van der Waals surface area contributed by atoms with Crippen LogP contribution >= 0.6 is 0 Å². The van der Waals surface area contributed by atoms with Gasteiger partial charge in [0.05, 0.1) is 7.11 Å². The number of phenolic OH excluding ortho intramolecular Hbond substituents is 2. The Balaban J connectivity index is 0.000000483. The summed E-state index contributed by atoms with van der Waals surface area (Å²) < 4.78 is 4.97. The summed E-state index contributed by atoms with van der Waals surface area (Å²) in [6.45, 7) is 14.5. The number of phenols is 2. The molecular formula is C31H47NO3. The second kappa shape index (κ2) is 17.3. The van der Waals surface area contributed by atoms with E-state index in [-0.39, 0.29) is 0 Å². The first-order valence-electron chi connectivity index (χ1n) is 12.5. The molecule has 0 radical (unpaired) electrons. The van der Waals surface area contributed by atoms with Crippen LogP contribution in [0.4, 0.5) is 5.69 Å². The zero-order valence-electron chi connectivity index (χ0n) is 23.5. The number of para-hydroxylation sites is 1. The van der Waals surface area contributed by atoms with Gasteiger partial charge in [-0.15, -0.1) is 0 Å². The van der Waals surface area contributed by atoms with Gasteiger partial charge in [0.15, 0.2) is 0 Å². The van der Waals surface area contributed by atoms with E-state index < -0.39 is 0 Å². The minimum absolute atomic E-state index is 0.310. The number of benzene rings is 3. The molecule has 0 bridgehead atoms. The Morgan fingerprint density at radius 3 is 1.71 bits per heavy atom. The lowest BCUT2D eigenvalue weighted by Crippen LogP contribution is -2.08. The van der Waals surface area contributed by atoms with Crippen molar-refractivity contribution >= 4 is 5.69 Å². The highest BCUT2D eigenvalue weighted by molar-refractivity contribution is 5.46. The minimum atomic E-state index is 0.310. The van der Waals surface area contributed by atoms with Gasteiger partial charge in [-0.1, -0.05) is 84.9 Å². The molecule has 35 heavy (non-hydrogen) atoms. The highest BCUT2D eigenvalue weighted by Crippen LogP contribution is 2.28. The van der Waals surface area contributed by atoms with E-state index in [0.29, 0.717) is 29.1 Å². The van der Waals surface area contributed by atoms with Gasteiger partial charge in [0.1, 0.15) is 17.2 Å². The SMILES string of the molecule is CC.CC(C)c1ccc(N(C)C)cc1.CCc1ccccc1O.COc1ccc(C(C)C)c(O)c1. The highest BCUT2D eigenvalue weighted by atomic mass is 16.5. The fourth-order valence-corrected chi connectivity index (χ4v) is 3.11. The van der Waals surface area contributed by atoms with Crippen LogP contribution in [0.15, 0.2) is 66.7 Å². The molecule has 3 aromatic carbocycles. The third kappa shape index (κ3) is 11.7. The summed E-state index contributed by atoms with van der Waals surface area (Å²) in [5.41, 5.74) is 4.63. The third-order valence-electron chi connectivity index (χ3n) is 5.31. The largest absolute Gasteiger partial charge is 0.508 e. The van der Waals surface area contributed by atoms with Crippen LogP contribution in [0.3, 0.4) is 0 Å². The summed E-state index contributed by atoms with van der Waals surface area (Å²) in [6.07, 6.45) is 0.896. The van der Waals surface area contributed by atoms with Crippen LogP contribution < -0.4 is 9.64 Å². The molecule has 0 unspecified atom stereocenters. The fraction of sp³-hybridized carbons (Fsp3) is 0.419. The van der Waals surface area contributed by atoms with Gasteiger partial charge in [0, 0.05) is 25.8 Å². The van der Waals surface area contributed by atoms with Crippen molar-refractivity contribution < 1.29 is 14.9 Å². The third-order valence-corrected chi connectivity index (χ3v) is 5.31. The van der Waals surface area contributed by atoms with Crippen molar-refractivity contribution in [3.05, 3.63) is 83.4 Å². The number of hydrogen-bond donors (Lipinski definition) is 2. The van der Waals surface area contributed by atoms with Crippen LogP contribution in [0.5, 0.6) is 17.2 Å². The minimum Gasteiger partial charge on any atom is -0.508 e. The quantitative estimate of drug-likeness (QED) is 0.384. The molecule has 0 heterocycles. The van der Waals surface area contributed by atoms with Crippen molar-refractivity contribution in [2.24, 2.45) is 0 Å². The topological polar surface area (TPSA) is 52.9 Å². The lowest BCUT2D eigenvalue weighted by molar-refractivity contribution is 0.406. The summed E-state index contributed by atoms with van der Waals surface area (Å²) in [7, 11) is 5.71. The molecule has 0 spiro atoms. The average Bonchev–Trinajstić information content (AvgIpc) is 2.86. The Morgan fingerprint density at radius 1 is 0.771 bits per heavy atom. The molecule has 4 nitrogen and oxygen atoms in total. The van der Waals surface area contributed by atoms with Gasteiger partial charge >= 0.3 is 0 Å². The van der Waals surface area contributed by atoms with Crippen LogP contribution in [0.1, 0.15) is 77.0 Å². The lowest BCUT2D eigenvalue weighted by atomic mass is 10.0. The van der Waals surface area contributed by atoms with Crippen LogP contribution in [0.2, 0.25) is 0 Å². The molecular weight excluding hydrogens is 434 g/mol. The first-order valence-corrected chi connectivity index (χ1v) is 12.5. The predicted octanol–water partition coefficient (Wildman–Crippen LogP) is 8.38. The summed E-state index contributed by atoms with van der Waals surface area (Å²) >= 11 is 0. The summed E-state index contributed by atoms with van der Waals surface area (Å²) in [4.78, 5) is 2.12. The molecule has 0 aliphatic carbocycles. The zero-order valence-corrected chi connectivity index (χ0v) is 23.5. The molecule has 0 aliphatic rings. The number of methoxy groups -OCH3 is 1. The molecule has 0 aromatic heterocycles. The molecule has 0 saturated carbocycles. The van der Waals surface area contributed by atoms with E-state index >= 15 is 0 Å². The van der Waals surface area contributed by atoms with Crippen LogP contribution in [0, 0.1) is 0 Å².